The molecular weight excluding hydrogens is 292 g/mol. The zero-order valence-corrected chi connectivity index (χ0v) is 13.2. The summed E-state index contributed by atoms with van der Waals surface area (Å²) in [4.78, 5) is 22.4. The number of amides is 1. The zero-order valence-electron chi connectivity index (χ0n) is 13.2. The Kier molecular flexibility index (Phi) is 11.6. The molecule has 0 aliphatic carbocycles. The van der Waals surface area contributed by atoms with Crippen molar-refractivity contribution in [2.75, 3.05) is 33.4 Å². The Labute approximate surface area is 130 Å². The first-order valence-electron chi connectivity index (χ1n) is 7.36. The lowest BCUT2D eigenvalue weighted by Gasteiger charge is -2.22. The summed E-state index contributed by atoms with van der Waals surface area (Å²) >= 11 is 0. The molecule has 0 rings (SSSR count). The van der Waals surface area contributed by atoms with E-state index in [1.807, 2.05) is 0 Å². The third kappa shape index (κ3) is 9.64. The summed E-state index contributed by atoms with van der Waals surface area (Å²) in [5.74, 6) is -1.19. The first-order chi connectivity index (χ1) is 10.4. The van der Waals surface area contributed by atoms with E-state index < -0.39 is 12.0 Å². The van der Waals surface area contributed by atoms with Crippen LogP contribution >= 0.6 is 0 Å². The summed E-state index contributed by atoms with van der Waals surface area (Å²) in [6, 6.07) is -0.867. The number of carboxylic acid groups (broad SMARTS) is 1. The maximum Gasteiger partial charge on any atom is 0.320 e. The summed E-state index contributed by atoms with van der Waals surface area (Å²) in [6.45, 7) is 2.18. The van der Waals surface area contributed by atoms with Crippen LogP contribution in [0.25, 0.3) is 0 Å². The summed E-state index contributed by atoms with van der Waals surface area (Å²) in [7, 11) is 1.60. The second kappa shape index (κ2) is 12.3. The second-order valence-corrected chi connectivity index (χ2v) is 5.08. The van der Waals surface area contributed by atoms with E-state index in [4.69, 9.17) is 10.2 Å². The van der Waals surface area contributed by atoms with Crippen LogP contribution in [0.5, 0.6) is 0 Å². The third-order valence-electron chi connectivity index (χ3n) is 3.25. The smallest absolute Gasteiger partial charge is 0.320 e. The standard InChI is InChI=1S/C13H28N4O5/c1-10(7-15-9-18)17(22)8-12(19)16-6-4-3-5-11(14-2)13(20)21/h10-11,14-15,18,22H,3-9H2,1-2H3,(H,16,19)(H,20,21)/t10-,11+/m1/s1. The average Bonchev–Trinajstić information content (AvgIpc) is 2.47. The fourth-order valence-electron chi connectivity index (χ4n) is 1.83. The van der Waals surface area contributed by atoms with Crippen LogP contribution in [0, 0.1) is 0 Å². The maximum absolute atomic E-state index is 11.6. The van der Waals surface area contributed by atoms with E-state index in [1.54, 1.807) is 14.0 Å². The van der Waals surface area contributed by atoms with E-state index in [0.29, 0.717) is 32.4 Å². The van der Waals surface area contributed by atoms with Crippen LogP contribution in [0.15, 0.2) is 0 Å². The number of carboxylic acids is 1. The van der Waals surface area contributed by atoms with Gasteiger partial charge in [-0.3, -0.25) is 14.9 Å². The van der Waals surface area contributed by atoms with Crippen LogP contribution in [0.2, 0.25) is 0 Å². The number of unbranched alkanes of at least 4 members (excludes halogenated alkanes) is 1. The molecule has 22 heavy (non-hydrogen) atoms. The number of hydroxylamine groups is 2. The van der Waals surface area contributed by atoms with Crippen molar-refractivity contribution in [3.8, 4) is 0 Å². The van der Waals surface area contributed by atoms with Crippen molar-refractivity contribution in [3.63, 3.8) is 0 Å². The van der Waals surface area contributed by atoms with Gasteiger partial charge in [-0.25, -0.2) is 0 Å². The molecule has 0 aromatic carbocycles. The topological polar surface area (TPSA) is 134 Å². The molecule has 0 aliphatic heterocycles. The van der Waals surface area contributed by atoms with Crippen LogP contribution in [0.3, 0.4) is 0 Å². The largest absolute Gasteiger partial charge is 0.480 e. The van der Waals surface area contributed by atoms with Gasteiger partial charge in [0.25, 0.3) is 0 Å². The predicted molar refractivity (Wildman–Crippen MR) is 80.4 cm³/mol. The third-order valence-corrected chi connectivity index (χ3v) is 3.25. The van der Waals surface area contributed by atoms with E-state index in [2.05, 4.69) is 16.0 Å². The fourth-order valence-corrected chi connectivity index (χ4v) is 1.83. The Bertz CT molecular complexity index is 330. The van der Waals surface area contributed by atoms with E-state index in [0.717, 1.165) is 5.06 Å². The Balaban J connectivity index is 3.75. The molecule has 0 saturated heterocycles. The highest BCUT2D eigenvalue weighted by atomic mass is 16.5. The number of hydrogen-bond acceptors (Lipinski definition) is 7. The van der Waals surface area contributed by atoms with Gasteiger partial charge in [-0.2, -0.15) is 5.06 Å². The molecule has 0 aliphatic rings. The zero-order chi connectivity index (χ0) is 17.0. The molecule has 2 atom stereocenters. The van der Waals surface area contributed by atoms with Gasteiger partial charge in [-0.05, 0) is 33.2 Å². The minimum atomic E-state index is -0.882. The lowest BCUT2D eigenvalue weighted by Crippen LogP contribution is -2.44. The highest BCUT2D eigenvalue weighted by Gasteiger charge is 2.15. The minimum Gasteiger partial charge on any atom is -0.480 e. The van der Waals surface area contributed by atoms with Crippen LogP contribution in [0.1, 0.15) is 26.2 Å². The molecule has 9 heteroatoms. The van der Waals surface area contributed by atoms with Crippen molar-refractivity contribution in [3.05, 3.63) is 0 Å². The number of aliphatic hydroxyl groups excluding tert-OH is 1. The van der Waals surface area contributed by atoms with Crippen LogP contribution in [-0.2, 0) is 9.59 Å². The lowest BCUT2D eigenvalue weighted by atomic mass is 10.1. The number of aliphatic carboxylic acids is 1. The van der Waals surface area contributed by atoms with E-state index >= 15 is 0 Å². The number of carbonyl (C=O) groups is 2. The van der Waals surface area contributed by atoms with Crippen molar-refractivity contribution < 1.29 is 25.0 Å². The van der Waals surface area contributed by atoms with E-state index in [-0.39, 0.29) is 25.2 Å². The van der Waals surface area contributed by atoms with Gasteiger partial charge in [0.2, 0.25) is 5.91 Å². The first-order valence-corrected chi connectivity index (χ1v) is 7.36. The van der Waals surface area contributed by atoms with Crippen molar-refractivity contribution in [2.45, 2.75) is 38.3 Å². The Hall–Kier alpha value is -1.26. The molecular formula is C13H28N4O5. The number of hydrogen-bond donors (Lipinski definition) is 6. The summed E-state index contributed by atoms with van der Waals surface area (Å²) in [5, 5.41) is 36.0. The summed E-state index contributed by atoms with van der Waals surface area (Å²) in [6.07, 6.45) is 1.85. The van der Waals surface area contributed by atoms with Gasteiger partial charge in [0.05, 0.1) is 6.73 Å². The second-order valence-electron chi connectivity index (χ2n) is 5.08. The van der Waals surface area contributed by atoms with Crippen LogP contribution in [-0.4, -0.2) is 77.9 Å². The summed E-state index contributed by atoms with van der Waals surface area (Å²) in [5.41, 5.74) is 0. The molecule has 0 aromatic heterocycles. The fraction of sp³-hybridized carbons (Fsp3) is 0.846. The lowest BCUT2D eigenvalue weighted by molar-refractivity contribution is -0.147. The number of nitrogens with zero attached hydrogens (tertiary/aromatic N) is 1. The molecule has 0 spiro atoms. The monoisotopic (exact) mass is 320 g/mol. The number of nitrogens with one attached hydrogen (secondary N) is 3. The predicted octanol–water partition coefficient (Wildman–Crippen LogP) is -1.44. The van der Waals surface area contributed by atoms with Gasteiger partial charge < -0.3 is 26.1 Å². The Morgan fingerprint density at radius 1 is 1.27 bits per heavy atom. The number of rotatable bonds is 13. The van der Waals surface area contributed by atoms with Gasteiger partial charge in [-0.1, -0.05) is 0 Å². The molecule has 0 radical (unpaired) electrons. The van der Waals surface area contributed by atoms with Crippen molar-refractivity contribution in [1.29, 1.82) is 0 Å². The van der Waals surface area contributed by atoms with Gasteiger partial charge in [0.15, 0.2) is 0 Å². The highest BCUT2D eigenvalue weighted by molar-refractivity contribution is 5.77. The van der Waals surface area contributed by atoms with Crippen molar-refractivity contribution >= 4 is 11.9 Å². The Morgan fingerprint density at radius 2 is 1.95 bits per heavy atom. The quantitative estimate of drug-likeness (QED) is 0.138. The Morgan fingerprint density at radius 3 is 2.50 bits per heavy atom. The molecule has 0 fully saturated rings. The van der Waals surface area contributed by atoms with Gasteiger partial charge >= 0.3 is 5.97 Å². The molecule has 0 bridgehead atoms. The highest BCUT2D eigenvalue weighted by Crippen LogP contribution is 2.00. The molecule has 0 heterocycles. The van der Waals surface area contributed by atoms with E-state index in [1.165, 1.54) is 0 Å². The summed E-state index contributed by atoms with van der Waals surface area (Å²) < 4.78 is 0. The molecule has 9 nitrogen and oxygen atoms in total. The molecule has 0 unspecified atom stereocenters. The van der Waals surface area contributed by atoms with Gasteiger partial charge in [-0.15, -0.1) is 0 Å². The molecule has 0 saturated carbocycles. The van der Waals surface area contributed by atoms with Crippen LogP contribution in [0.4, 0.5) is 0 Å². The minimum absolute atomic E-state index is 0.150. The maximum atomic E-state index is 11.6. The number of carbonyl (C=O) groups excluding carboxylic acids is 1. The first kappa shape index (κ1) is 20.7. The SMILES string of the molecule is CN[C@@H](CCCCNC(=O)CN(O)[C@H](C)CNCO)C(=O)O. The van der Waals surface area contributed by atoms with E-state index in [9.17, 15) is 14.8 Å². The molecule has 1 amide bonds. The molecule has 6 N–H and O–H groups in total. The van der Waals surface area contributed by atoms with Crippen molar-refractivity contribution in [1.82, 2.24) is 21.0 Å². The van der Waals surface area contributed by atoms with Gasteiger partial charge in [0, 0.05) is 19.1 Å². The average molecular weight is 320 g/mol. The van der Waals surface area contributed by atoms with Gasteiger partial charge in [0.1, 0.15) is 12.6 Å². The van der Waals surface area contributed by atoms with Crippen molar-refractivity contribution in [2.24, 2.45) is 0 Å². The normalized spacial score (nSPS) is 13.9. The molecule has 0 aromatic rings. The molecule has 130 valence electrons. The number of aliphatic hydroxyl groups is 1. The number of likely N-dealkylation sites (N-methyl/N-ethyl adjacent to an activating group) is 1. The van der Waals surface area contributed by atoms with Crippen LogP contribution < -0.4 is 16.0 Å².